The molecule has 0 unspecified atom stereocenters. The van der Waals surface area contributed by atoms with Crippen molar-refractivity contribution in [1.82, 2.24) is 162 Å². The van der Waals surface area contributed by atoms with E-state index in [1.54, 1.807) is 0 Å². The Morgan fingerprint density at radius 1 is 0.232 bits per heavy atom. The molecule has 3 aliphatic rings. The lowest BCUT2D eigenvalue weighted by molar-refractivity contribution is 0.255. The van der Waals surface area contributed by atoms with E-state index in [1.807, 2.05) is 136 Å². The quantitative estimate of drug-likeness (QED) is 0.0153. The molecule has 6 N–H and O–H groups in total. The van der Waals surface area contributed by atoms with E-state index in [2.05, 4.69) is 334 Å². The van der Waals surface area contributed by atoms with Gasteiger partial charge in [0.15, 0.2) is 0 Å². The Labute approximate surface area is 811 Å². The van der Waals surface area contributed by atoms with E-state index in [0.717, 1.165) is 169 Å². The largest absolute Gasteiger partial charge is 0.490 e. The molecule has 0 bridgehead atoms. The van der Waals surface area contributed by atoms with Gasteiger partial charge in [0, 0.05) is 71.0 Å². The number of nitrogens with zero attached hydrogens (tertiary/aromatic N) is 26. The van der Waals surface area contributed by atoms with Crippen LogP contribution in [0.4, 0.5) is 0 Å². The van der Waals surface area contributed by atoms with Crippen LogP contribution in [0.3, 0.4) is 0 Å². The topological polar surface area (TPSA) is 317 Å². The molecule has 734 valence electrons. The van der Waals surface area contributed by atoms with Crippen LogP contribution < -0.4 is 61.3 Å². The van der Waals surface area contributed by atoms with Crippen molar-refractivity contribution in [1.29, 1.82) is 0 Å². The summed E-state index contributed by atoms with van der Waals surface area (Å²) in [5.41, 5.74) is 39.5. The summed E-state index contributed by atoms with van der Waals surface area (Å²) in [6.45, 7) is 11.7. The van der Waals surface area contributed by atoms with E-state index in [1.165, 1.54) is 0 Å². The van der Waals surface area contributed by atoms with Gasteiger partial charge in [-0.25, -0.2) is 23.4 Å². The Bertz CT molecular complexity index is 5720. The maximum absolute atomic E-state index is 6.84. The second kappa shape index (κ2) is 50.1. The molecule has 5 aromatic heterocycles. The maximum Gasteiger partial charge on any atom is 0.120 e. The molecule has 0 spiro atoms. The van der Waals surface area contributed by atoms with Gasteiger partial charge < -0.3 is 83.9 Å². The van der Waals surface area contributed by atoms with Gasteiger partial charge in [0.05, 0.1) is 129 Å². The van der Waals surface area contributed by atoms with E-state index < -0.39 is 0 Å². The van der Waals surface area contributed by atoms with Gasteiger partial charge in [0.25, 0.3) is 0 Å². The summed E-state index contributed by atoms with van der Waals surface area (Å²) < 4.78 is 49.8. The van der Waals surface area contributed by atoms with E-state index in [-0.39, 0.29) is 26.4 Å². The van der Waals surface area contributed by atoms with Crippen LogP contribution in [0, 0.1) is 0 Å². The number of hydrogen-bond acceptors (Lipinski definition) is 33. The summed E-state index contributed by atoms with van der Waals surface area (Å²) in [7, 11) is 32.6. The number of aromatic nitrogens is 15. The third-order valence-corrected chi connectivity index (χ3v) is 21.5. The van der Waals surface area contributed by atoms with E-state index >= 15 is 0 Å². The first-order valence-corrected chi connectivity index (χ1v) is 46.7. The van der Waals surface area contributed by atoms with Crippen LogP contribution in [0.5, 0.6) is 34.5 Å². The van der Waals surface area contributed by atoms with Crippen molar-refractivity contribution in [3.8, 4) is 34.5 Å². The molecule has 11 aromatic rings. The Kier molecular flexibility index (Phi) is 36.5. The number of ether oxygens (including phenoxy) is 6. The smallest absolute Gasteiger partial charge is 0.120 e. The molecule has 0 fully saturated rings. The normalized spacial score (nSPS) is 13.6. The fourth-order valence-electron chi connectivity index (χ4n) is 16.2. The Morgan fingerprint density at radius 3 is 0.652 bits per heavy atom. The molecule has 0 saturated heterocycles. The predicted molar refractivity (Wildman–Crippen MR) is 531 cm³/mol. The molecule has 14 rings (SSSR count). The molecule has 0 amide bonds. The lowest BCUT2D eigenvalue weighted by Gasteiger charge is -2.20. The van der Waals surface area contributed by atoms with Crippen LogP contribution in [0.15, 0.2) is 212 Å². The SMILES string of the molecule is CN(C)CC1=CN(Cc2cc(CN3C=C(CN(C)C)NN3)cc(OCc3cc(COc4cc(Cn5cc(CN(C)C)nn5)cc(Cn5cc(CN(C)C)nn5)c4)cc(OC/C=C/CC/C=C/CC/C=C/COc4cc(COc5cc(CN6C=C(CN(C)C)NN6)cc(Cn6cc(CN(C)C)nn6)c5)cc(COc5cc(Cn6cc(CN(C)C)nn6)cc(Cn6cc(CN(C)C)nn6)c5)c4)c3)c2)NN1. The molecular weight excluding hydrogens is 1750 g/mol. The molecule has 8 heterocycles. The van der Waals surface area contributed by atoms with Crippen molar-refractivity contribution in [3.05, 3.63) is 308 Å². The summed E-state index contributed by atoms with van der Waals surface area (Å²) in [5, 5.41) is 50.9. The fourth-order valence-corrected chi connectivity index (χ4v) is 16.2. The van der Waals surface area contributed by atoms with Crippen molar-refractivity contribution in [2.45, 2.75) is 137 Å². The number of allylic oxidation sites excluding steroid dienone is 4. The van der Waals surface area contributed by atoms with Crippen LogP contribution in [-0.2, 0) is 112 Å². The van der Waals surface area contributed by atoms with Gasteiger partial charge in [-0.2, -0.15) is 0 Å². The first-order valence-electron chi connectivity index (χ1n) is 46.7. The first kappa shape index (κ1) is 101. The fraction of sp³-hybridized carbons (Fsp3) is 0.420. The van der Waals surface area contributed by atoms with Gasteiger partial charge in [-0.3, -0.25) is 15.0 Å². The Hall–Kier alpha value is -13.4. The van der Waals surface area contributed by atoms with Gasteiger partial charge >= 0.3 is 0 Å². The zero-order valence-corrected chi connectivity index (χ0v) is 82.9. The van der Waals surface area contributed by atoms with Gasteiger partial charge in [0.1, 0.15) is 74.1 Å². The zero-order chi connectivity index (χ0) is 96.8. The lowest BCUT2D eigenvalue weighted by atomic mass is 10.1. The number of hydrazine groups is 6. The highest BCUT2D eigenvalue weighted by Gasteiger charge is 2.22. The van der Waals surface area contributed by atoms with Gasteiger partial charge in [-0.05, 0) is 290 Å². The summed E-state index contributed by atoms with van der Waals surface area (Å²) in [5.74, 6) is 4.26. The molecule has 0 atom stereocenters. The molecule has 6 aromatic carbocycles. The van der Waals surface area contributed by atoms with Crippen LogP contribution in [0.25, 0.3) is 0 Å². The van der Waals surface area contributed by atoms with Gasteiger partial charge in [0.2, 0.25) is 0 Å². The highest BCUT2D eigenvalue weighted by molar-refractivity contribution is 5.42. The number of rotatable bonds is 56. The molecule has 3 aliphatic heterocycles. The van der Waals surface area contributed by atoms with E-state index in [0.29, 0.717) is 121 Å². The monoisotopic (exact) mass is 1880 g/mol. The zero-order valence-electron chi connectivity index (χ0n) is 82.9. The van der Waals surface area contributed by atoms with Crippen LogP contribution in [-0.4, -0.2) is 275 Å². The average molecular weight is 1880 g/mol. The van der Waals surface area contributed by atoms with Crippen molar-refractivity contribution < 1.29 is 28.4 Å². The summed E-state index contributed by atoms with van der Waals surface area (Å²) in [4.78, 5) is 16.8. The number of likely N-dealkylation sites (N-methyl/N-ethyl adjacent to an activating group) is 3. The Balaban J connectivity index is 0.640. The van der Waals surface area contributed by atoms with Gasteiger partial charge in [-0.1, -0.05) is 86.8 Å². The Morgan fingerprint density at radius 2 is 0.428 bits per heavy atom. The molecule has 0 saturated carbocycles. The molecule has 0 aliphatic carbocycles. The third kappa shape index (κ3) is 33.8. The van der Waals surface area contributed by atoms with Crippen LogP contribution in [0.2, 0.25) is 0 Å². The second-order valence-electron chi connectivity index (χ2n) is 37.8. The summed E-state index contributed by atoms with van der Waals surface area (Å²) >= 11 is 0. The molecular formula is C100H138N32O6. The summed E-state index contributed by atoms with van der Waals surface area (Å²) in [6, 6.07) is 37.9. The van der Waals surface area contributed by atoms with E-state index in [4.69, 9.17) is 28.4 Å². The number of hydrogen-bond donors (Lipinski definition) is 6. The average Bonchev–Trinajstić information content (AvgIpc) is 1.50. The van der Waals surface area contributed by atoms with E-state index in [9.17, 15) is 0 Å². The van der Waals surface area contributed by atoms with Crippen molar-refractivity contribution in [2.24, 2.45) is 0 Å². The maximum atomic E-state index is 6.84. The standard InChI is InChI=1S/C100H138N32O6/c1-117(2)55-87-63-125(109-101-87)47-75-29-76(48-126-64-88(102-110-126)56-118(3)4)36-97(35-75)135-71-83-33-84(72-136-98-37-77(49-127-65-89(103-111-127)57-119(5)6)30-78(38-98)50-128-66-90(104-112-128)58-120(7)8)44-95(43-83)133-27-25-23-21-19-17-18-20-22-24-26-28-134-96-45-85(73-137-99-39-79(51-129-67-91(105-113-129)59-121(9)10)31-80(40-99)52-130-68-92(106-114-130)60-122(11)12)34-86(46-96)74-138-100-41-81(53-131-69-93(107-115-131)61-123(13)14)32-82(42-100)54-132-70-94(108-116-132)62-124(15)16/h17-18,23-26,29-46,63-70,101-102,105,109-110,113H,19-22,27-28,47-62,71-74H2,1-16H3/b18-17+,25-23+,26-24+. The highest BCUT2D eigenvalue weighted by Crippen LogP contribution is 2.31. The number of nitrogens with one attached hydrogen (secondary N) is 6. The minimum Gasteiger partial charge on any atom is -0.490 e. The van der Waals surface area contributed by atoms with Crippen LogP contribution in [0.1, 0.15) is 121 Å². The van der Waals surface area contributed by atoms with Crippen LogP contribution >= 0.6 is 0 Å². The lowest BCUT2D eigenvalue weighted by Crippen LogP contribution is -2.37. The summed E-state index contributed by atoms with van der Waals surface area (Å²) in [6.07, 6.45) is 32.8. The van der Waals surface area contributed by atoms with Crippen molar-refractivity contribution in [3.63, 3.8) is 0 Å². The molecule has 38 nitrogen and oxygen atoms in total. The minimum absolute atomic E-state index is 0.249. The molecule has 38 heteroatoms. The molecule has 138 heavy (non-hydrogen) atoms. The first-order chi connectivity index (χ1) is 66.6. The number of unbranched alkanes of at least 4 members (excludes halogenated alkanes) is 2. The van der Waals surface area contributed by atoms with Crippen molar-refractivity contribution >= 4 is 0 Å². The minimum atomic E-state index is 0.249. The number of benzene rings is 6. The third-order valence-electron chi connectivity index (χ3n) is 21.5. The second-order valence-corrected chi connectivity index (χ2v) is 37.8. The van der Waals surface area contributed by atoms with Gasteiger partial charge in [-0.15, -0.1) is 42.1 Å². The predicted octanol–water partition coefficient (Wildman–Crippen LogP) is 8.88. The highest BCUT2D eigenvalue weighted by atomic mass is 16.5. The van der Waals surface area contributed by atoms with Crippen molar-refractivity contribution in [2.75, 3.05) is 146 Å². The molecule has 0 radical (unpaired) electrons.